The number of carbonyl (C=O) groups is 1. The molecule has 0 unspecified atom stereocenters. The van der Waals surface area contributed by atoms with E-state index in [0.717, 1.165) is 22.4 Å². The maximum Gasteiger partial charge on any atom is 0.262 e. The van der Waals surface area contributed by atoms with Crippen molar-refractivity contribution in [3.8, 4) is 28.3 Å². The van der Waals surface area contributed by atoms with Gasteiger partial charge in [-0.05, 0) is 61.5 Å². The first kappa shape index (κ1) is 22.5. The minimum Gasteiger partial charge on any atom is -0.482 e. The van der Waals surface area contributed by atoms with Gasteiger partial charge < -0.3 is 14.5 Å². The molecule has 0 fully saturated rings. The highest BCUT2D eigenvalue weighted by molar-refractivity contribution is 7.07. The molecule has 5 rings (SSSR count). The zero-order valence-corrected chi connectivity index (χ0v) is 19.6. The van der Waals surface area contributed by atoms with Crippen molar-refractivity contribution in [2.75, 3.05) is 18.5 Å². The predicted molar refractivity (Wildman–Crippen MR) is 134 cm³/mol. The van der Waals surface area contributed by atoms with E-state index in [9.17, 15) is 9.18 Å². The first-order valence-corrected chi connectivity index (χ1v) is 11.7. The van der Waals surface area contributed by atoms with E-state index in [1.807, 2.05) is 36.6 Å². The van der Waals surface area contributed by atoms with Crippen LogP contribution in [-0.4, -0.2) is 29.9 Å². The Morgan fingerprint density at radius 1 is 1.20 bits per heavy atom. The number of rotatable bonds is 6. The maximum atomic E-state index is 13.2. The van der Waals surface area contributed by atoms with Crippen molar-refractivity contribution in [2.24, 2.45) is 10.1 Å². The Labute approximate surface area is 204 Å². The number of aromatic nitrogens is 1. The van der Waals surface area contributed by atoms with Gasteiger partial charge in [0.25, 0.3) is 5.91 Å². The molecule has 0 radical (unpaired) electrons. The lowest BCUT2D eigenvalue weighted by molar-refractivity contribution is -0.118. The number of thiazole rings is 1. The molecule has 0 atom stereocenters. The largest absolute Gasteiger partial charge is 0.482 e. The Balaban J connectivity index is 1.51. The molecule has 3 heterocycles. The van der Waals surface area contributed by atoms with E-state index in [1.54, 1.807) is 29.1 Å². The minimum absolute atomic E-state index is 0.00206. The monoisotopic (exact) mass is 488 g/mol. The molecule has 0 saturated heterocycles. The Morgan fingerprint density at radius 3 is 2.80 bits per heavy atom. The van der Waals surface area contributed by atoms with Gasteiger partial charge in [-0.3, -0.25) is 9.79 Å². The summed E-state index contributed by atoms with van der Waals surface area (Å²) < 4.78 is 26.3. The predicted octanol–water partition coefficient (Wildman–Crippen LogP) is 5.31. The van der Waals surface area contributed by atoms with E-state index in [2.05, 4.69) is 22.0 Å². The summed E-state index contributed by atoms with van der Waals surface area (Å²) in [5.74, 6) is 1.26. The molecule has 0 saturated carbocycles. The lowest BCUT2D eigenvalue weighted by Crippen LogP contribution is -2.25. The van der Waals surface area contributed by atoms with Gasteiger partial charge in [0.05, 0.1) is 24.1 Å². The number of carbonyl (C=O) groups excluding carboxylic acids is 1. The van der Waals surface area contributed by atoms with Gasteiger partial charge in [-0.2, -0.15) is 5.10 Å². The van der Waals surface area contributed by atoms with Crippen LogP contribution in [0.2, 0.25) is 0 Å². The molecule has 7 nitrogen and oxygen atoms in total. The summed E-state index contributed by atoms with van der Waals surface area (Å²) in [7, 11) is 0. The van der Waals surface area contributed by atoms with Crippen LogP contribution in [0, 0.1) is 5.82 Å². The molecular weight excluding hydrogens is 467 g/mol. The Morgan fingerprint density at radius 2 is 2.00 bits per heavy atom. The molecule has 35 heavy (non-hydrogen) atoms. The van der Waals surface area contributed by atoms with Crippen molar-refractivity contribution < 1.29 is 18.3 Å². The number of nitrogens with zero attached hydrogens (tertiary/aromatic N) is 3. The van der Waals surface area contributed by atoms with Crippen molar-refractivity contribution in [3.63, 3.8) is 0 Å². The van der Waals surface area contributed by atoms with Crippen LogP contribution < -0.4 is 14.9 Å². The second kappa shape index (κ2) is 9.55. The van der Waals surface area contributed by atoms with Crippen LogP contribution in [0.25, 0.3) is 22.6 Å². The SMILES string of the molecule is C=C(C)CN=c1scc(-c2ccc3c(c2)NC(=O)CO3)n1N=Cc1ccc(-c2ccc(F)cc2)o1. The molecule has 0 spiro atoms. The van der Waals surface area contributed by atoms with Gasteiger partial charge in [-0.25, -0.2) is 9.07 Å². The minimum atomic E-state index is -0.303. The quantitative estimate of drug-likeness (QED) is 0.295. The molecule has 1 aliphatic heterocycles. The fraction of sp³-hybridized carbons (Fsp3) is 0.115. The van der Waals surface area contributed by atoms with Crippen LogP contribution in [0.1, 0.15) is 12.7 Å². The Kier molecular flexibility index (Phi) is 6.15. The Bertz CT molecular complexity index is 1510. The van der Waals surface area contributed by atoms with Gasteiger partial charge in [-0.15, -0.1) is 11.3 Å². The van der Waals surface area contributed by atoms with E-state index < -0.39 is 0 Å². The second-order valence-corrected chi connectivity index (χ2v) is 8.83. The van der Waals surface area contributed by atoms with Crippen LogP contribution in [0.4, 0.5) is 10.1 Å². The first-order chi connectivity index (χ1) is 17.0. The number of nitrogens with one attached hydrogen (secondary N) is 1. The molecule has 4 aromatic rings. The topological polar surface area (TPSA) is 81.1 Å². The summed E-state index contributed by atoms with van der Waals surface area (Å²) >= 11 is 1.45. The van der Waals surface area contributed by atoms with Crippen LogP contribution in [-0.2, 0) is 4.79 Å². The molecule has 2 aromatic heterocycles. The summed E-state index contributed by atoms with van der Waals surface area (Å²) in [5.41, 5.74) is 3.94. The van der Waals surface area contributed by atoms with Crippen LogP contribution >= 0.6 is 11.3 Å². The summed E-state index contributed by atoms with van der Waals surface area (Å²) in [6, 6.07) is 15.3. The van der Waals surface area contributed by atoms with Crippen LogP contribution in [0.15, 0.2) is 86.6 Å². The highest BCUT2D eigenvalue weighted by Gasteiger charge is 2.18. The summed E-state index contributed by atoms with van der Waals surface area (Å²) in [6.07, 6.45) is 1.60. The lowest BCUT2D eigenvalue weighted by atomic mass is 10.1. The number of anilines is 1. The number of benzene rings is 2. The Hall–Kier alpha value is -4.24. The van der Waals surface area contributed by atoms with Gasteiger partial charge in [0.2, 0.25) is 4.80 Å². The standard InChI is InChI=1S/C26H21FN4O3S/c1-16(2)12-28-26-31(29-13-20-8-10-23(34-20)17-3-6-19(27)7-4-17)22(15-35-26)18-5-9-24-21(11-18)30-25(32)14-33-24/h3-11,13,15H,1,12,14H2,2H3,(H,30,32). The van der Waals surface area contributed by atoms with Gasteiger partial charge in [0, 0.05) is 16.5 Å². The average Bonchev–Trinajstić information content (AvgIpc) is 3.48. The van der Waals surface area contributed by atoms with Gasteiger partial charge in [0.1, 0.15) is 23.1 Å². The second-order valence-electron chi connectivity index (χ2n) is 7.99. The van der Waals surface area contributed by atoms with E-state index in [4.69, 9.17) is 9.15 Å². The summed E-state index contributed by atoms with van der Waals surface area (Å²) in [4.78, 5) is 17.1. The highest BCUT2D eigenvalue weighted by Crippen LogP contribution is 2.33. The van der Waals surface area contributed by atoms with Crippen molar-refractivity contribution in [1.29, 1.82) is 0 Å². The van der Waals surface area contributed by atoms with E-state index in [0.29, 0.717) is 34.3 Å². The summed E-state index contributed by atoms with van der Waals surface area (Å²) in [6.45, 7) is 6.31. The van der Waals surface area contributed by atoms with Gasteiger partial charge >= 0.3 is 0 Å². The van der Waals surface area contributed by atoms with Gasteiger partial charge in [0.15, 0.2) is 6.61 Å². The van der Waals surface area contributed by atoms with Crippen molar-refractivity contribution in [1.82, 2.24) is 4.68 Å². The fourth-order valence-electron chi connectivity index (χ4n) is 3.47. The number of fused-ring (bicyclic) bond motifs is 1. The van der Waals surface area contributed by atoms with E-state index in [-0.39, 0.29) is 18.3 Å². The number of ether oxygens (including phenoxy) is 1. The van der Waals surface area contributed by atoms with E-state index >= 15 is 0 Å². The van der Waals surface area contributed by atoms with Crippen molar-refractivity contribution in [3.05, 3.63) is 88.5 Å². The zero-order chi connectivity index (χ0) is 24.4. The fourth-order valence-corrected chi connectivity index (χ4v) is 4.31. The molecule has 1 amide bonds. The molecule has 176 valence electrons. The number of furan rings is 1. The van der Waals surface area contributed by atoms with Crippen LogP contribution in [0.5, 0.6) is 5.75 Å². The first-order valence-electron chi connectivity index (χ1n) is 10.8. The molecule has 0 bridgehead atoms. The lowest BCUT2D eigenvalue weighted by Gasteiger charge is -2.18. The molecule has 2 aromatic carbocycles. The van der Waals surface area contributed by atoms with E-state index in [1.165, 1.54) is 23.5 Å². The van der Waals surface area contributed by atoms with Gasteiger partial charge in [-0.1, -0.05) is 12.2 Å². The highest BCUT2D eigenvalue weighted by atomic mass is 32.1. The molecule has 9 heteroatoms. The average molecular weight is 489 g/mol. The third-order valence-corrected chi connectivity index (χ3v) is 5.99. The molecule has 0 aliphatic carbocycles. The number of amides is 1. The smallest absolute Gasteiger partial charge is 0.262 e. The third kappa shape index (κ3) is 4.99. The zero-order valence-electron chi connectivity index (χ0n) is 18.8. The molecule has 1 N–H and O–H groups in total. The number of hydrogen-bond donors (Lipinski definition) is 1. The van der Waals surface area contributed by atoms with Crippen molar-refractivity contribution in [2.45, 2.75) is 6.92 Å². The summed E-state index contributed by atoms with van der Waals surface area (Å²) in [5, 5.41) is 9.43. The molecule has 1 aliphatic rings. The third-order valence-electron chi connectivity index (χ3n) is 5.13. The van der Waals surface area contributed by atoms with Crippen LogP contribution in [0.3, 0.4) is 0 Å². The number of halogens is 1. The normalized spacial score (nSPS) is 13.5. The van der Waals surface area contributed by atoms with Crippen molar-refractivity contribution >= 4 is 29.1 Å². The molecular formula is C26H21FN4O3S. The maximum absolute atomic E-state index is 13.2. The number of hydrogen-bond acceptors (Lipinski definition) is 6.